The fourth-order valence-electron chi connectivity index (χ4n) is 2.54. The van der Waals surface area contributed by atoms with Crippen LogP contribution in [0.25, 0.3) is 10.9 Å². The number of benzene rings is 1. The van der Waals surface area contributed by atoms with Crippen LogP contribution in [0.4, 0.5) is 0 Å². The highest BCUT2D eigenvalue weighted by atomic mass is 35.5. The third-order valence-electron chi connectivity index (χ3n) is 3.79. The number of hydrogen-bond donors (Lipinski definition) is 1. The molecule has 0 saturated carbocycles. The van der Waals surface area contributed by atoms with Crippen molar-refractivity contribution in [3.8, 4) is 11.6 Å². The van der Waals surface area contributed by atoms with Crippen molar-refractivity contribution in [1.82, 2.24) is 15.3 Å². The van der Waals surface area contributed by atoms with Crippen molar-refractivity contribution in [2.24, 2.45) is 0 Å². The van der Waals surface area contributed by atoms with E-state index < -0.39 is 0 Å². The predicted octanol–water partition coefficient (Wildman–Crippen LogP) is 3.88. The van der Waals surface area contributed by atoms with Crippen molar-refractivity contribution >= 4 is 28.4 Å². The Hall–Kier alpha value is -2.86. The Kier molecular flexibility index (Phi) is 6.44. The lowest BCUT2D eigenvalue weighted by atomic mass is 10.2. The SMILES string of the molecule is CCOc1ccc(Cl)c(C(=O)NCCCOc2cccc3cccnc23)n1. The molecule has 2 aromatic heterocycles. The van der Waals surface area contributed by atoms with Gasteiger partial charge in [-0.15, -0.1) is 0 Å². The molecule has 0 unspecified atom stereocenters. The van der Waals surface area contributed by atoms with Gasteiger partial charge in [0.25, 0.3) is 5.91 Å². The number of rotatable bonds is 8. The number of para-hydroxylation sites is 1. The Labute approximate surface area is 162 Å². The standard InChI is InChI=1S/C20H20ClN3O3/c1-2-26-17-10-9-15(21)19(24-17)20(25)23-12-5-13-27-16-8-3-6-14-7-4-11-22-18(14)16/h3-4,6-11H,2,5,12-13H2,1H3,(H,23,25). The third kappa shape index (κ3) is 4.86. The van der Waals surface area contributed by atoms with Gasteiger partial charge in [-0.3, -0.25) is 9.78 Å². The Morgan fingerprint density at radius 1 is 1.15 bits per heavy atom. The van der Waals surface area contributed by atoms with Gasteiger partial charge >= 0.3 is 0 Å². The van der Waals surface area contributed by atoms with Crippen LogP contribution >= 0.6 is 11.6 Å². The summed E-state index contributed by atoms with van der Waals surface area (Å²) in [6, 6.07) is 12.9. The second kappa shape index (κ2) is 9.19. The van der Waals surface area contributed by atoms with Gasteiger partial charge < -0.3 is 14.8 Å². The van der Waals surface area contributed by atoms with Crippen LogP contribution in [0, 0.1) is 0 Å². The Morgan fingerprint density at radius 2 is 2.00 bits per heavy atom. The van der Waals surface area contributed by atoms with Crippen LogP contribution in [0.2, 0.25) is 5.02 Å². The van der Waals surface area contributed by atoms with Gasteiger partial charge in [-0.2, -0.15) is 0 Å². The molecule has 0 bridgehead atoms. The molecule has 0 aliphatic rings. The molecular weight excluding hydrogens is 366 g/mol. The van der Waals surface area contributed by atoms with Crippen LogP contribution in [-0.4, -0.2) is 35.6 Å². The van der Waals surface area contributed by atoms with Crippen molar-refractivity contribution in [3.63, 3.8) is 0 Å². The average molecular weight is 386 g/mol. The van der Waals surface area contributed by atoms with Crippen LogP contribution in [-0.2, 0) is 0 Å². The van der Waals surface area contributed by atoms with Gasteiger partial charge in [0, 0.05) is 24.2 Å². The van der Waals surface area contributed by atoms with Crippen LogP contribution < -0.4 is 14.8 Å². The molecule has 0 saturated heterocycles. The molecule has 7 heteroatoms. The van der Waals surface area contributed by atoms with Gasteiger partial charge in [0.1, 0.15) is 11.3 Å². The van der Waals surface area contributed by atoms with Crippen LogP contribution in [0.1, 0.15) is 23.8 Å². The number of carbonyl (C=O) groups excluding carboxylic acids is 1. The molecule has 3 rings (SSSR count). The topological polar surface area (TPSA) is 73.3 Å². The molecule has 140 valence electrons. The summed E-state index contributed by atoms with van der Waals surface area (Å²) in [5.41, 5.74) is 0.981. The minimum absolute atomic E-state index is 0.154. The number of pyridine rings is 2. The molecule has 2 heterocycles. The number of carbonyl (C=O) groups is 1. The van der Waals surface area contributed by atoms with Crippen molar-refractivity contribution < 1.29 is 14.3 Å². The second-order valence-corrected chi connectivity index (χ2v) is 6.11. The highest BCUT2D eigenvalue weighted by molar-refractivity contribution is 6.33. The third-order valence-corrected chi connectivity index (χ3v) is 4.09. The summed E-state index contributed by atoms with van der Waals surface area (Å²) in [6.45, 7) is 3.21. The van der Waals surface area contributed by atoms with E-state index >= 15 is 0 Å². The van der Waals surface area contributed by atoms with Crippen LogP contribution in [0.5, 0.6) is 11.6 Å². The van der Waals surface area contributed by atoms with Gasteiger partial charge in [0.15, 0.2) is 5.69 Å². The first kappa shape index (κ1) is 18.9. The smallest absolute Gasteiger partial charge is 0.271 e. The van der Waals surface area contributed by atoms with Crippen LogP contribution in [0.3, 0.4) is 0 Å². The number of hydrogen-bond acceptors (Lipinski definition) is 5. The molecule has 1 amide bonds. The second-order valence-electron chi connectivity index (χ2n) is 5.70. The van der Waals surface area contributed by atoms with E-state index in [1.54, 1.807) is 18.3 Å². The first-order valence-electron chi connectivity index (χ1n) is 8.73. The van der Waals surface area contributed by atoms with Crippen LogP contribution in [0.15, 0.2) is 48.7 Å². The maximum absolute atomic E-state index is 12.3. The molecule has 6 nitrogen and oxygen atoms in total. The lowest BCUT2D eigenvalue weighted by molar-refractivity contribution is 0.0945. The molecule has 27 heavy (non-hydrogen) atoms. The van der Waals surface area contributed by atoms with Gasteiger partial charge in [-0.1, -0.05) is 29.8 Å². The predicted molar refractivity (Wildman–Crippen MR) is 105 cm³/mol. The Bertz CT molecular complexity index is 928. The molecule has 0 radical (unpaired) electrons. The molecule has 0 spiro atoms. The number of nitrogens with zero attached hydrogens (tertiary/aromatic N) is 2. The quantitative estimate of drug-likeness (QED) is 0.595. The van der Waals surface area contributed by atoms with Gasteiger partial charge in [0.2, 0.25) is 5.88 Å². The summed E-state index contributed by atoms with van der Waals surface area (Å²) in [5, 5.41) is 4.11. The van der Waals surface area contributed by atoms with Gasteiger partial charge in [-0.25, -0.2) is 4.98 Å². The van der Waals surface area contributed by atoms with E-state index in [9.17, 15) is 4.79 Å². The number of amides is 1. The number of fused-ring (bicyclic) bond motifs is 1. The molecule has 0 aliphatic carbocycles. The summed E-state index contributed by atoms with van der Waals surface area (Å²) in [6.07, 6.45) is 2.38. The molecular formula is C20H20ClN3O3. The zero-order valence-electron chi connectivity index (χ0n) is 14.9. The fourth-order valence-corrected chi connectivity index (χ4v) is 2.74. The number of ether oxygens (including phenoxy) is 2. The zero-order chi connectivity index (χ0) is 19.1. The van der Waals surface area contributed by atoms with E-state index in [0.29, 0.717) is 32.1 Å². The van der Waals surface area contributed by atoms with E-state index in [1.807, 2.05) is 37.3 Å². The molecule has 1 aromatic carbocycles. The van der Waals surface area contributed by atoms with E-state index in [2.05, 4.69) is 15.3 Å². The molecule has 0 aliphatic heterocycles. The van der Waals surface area contributed by atoms with E-state index in [1.165, 1.54) is 0 Å². The Morgan fingerprint density at radius 3 is 2.85 bits per heavy atom. The minimum atomic E-state index is -0.339. The van der Waals surface area contributed by atoms with Crippen molar-refractivity contribution in [1.29, 1.82) is 0 Å². The van der Waals surface area contributed by atoms with E-state index in [-0.39, 0.29) is 16.6 Å². The Balaban J connectivity index is 1.50. The highest BCUT2D eigenvalue weighted by Gasteiger charge is 2.13. The van der Waals surface area contributed by atoms with Gasteiger partial charge in [0.05, 0.1) is 18.2 Å². The summed E-state index contributed by atoms with van der Waals surface area (Å²) < 4.78 is 11.1. The lowest BCUT2D eigenvalue weighted by Crippen LogP contribution is -2.26. The van der Waals surface area contributed by atoms with Gasteiger partial charge in [-0.05, 0) is 31.5 Å². The normalized spacial score (nSPS) is 10.6. The largest absolute Gasteiger partial charge is 0.491 e. The summed E-state index contributed by atoms with van der Waals surface area (Å²) >= 11 is 6.06. The van der Waals surface area contributed by atoms with E-state index in [0.717, 1.165) is 16.7 Å². The monoisotopic (exact) mass is 385 g/mol. The molecule has 3 aromatic rings. The molecule has 1 N–H and O–H groups in total. The first-order valence-corrected chi connectivity index (χ1v) is 9.11. The minimum Gasteiger partial charge on any atom is -0.491 e. The average Bonchev–Trinajstić information content (AvgIpc) is 2.69. The zero-order valence-corrected chi connectivity index (χ0v) is 15.7. The summed E-state index contributed by atoms with van der Waals surface area (Å²) in [7, 11) is 0. The molecule has 0 atom stereocenters. The maximum Gasteiger partial charge on any atom is 0.271 e. The summed E-state index contributed by atoms with van der Waals surface area (Å²) in [4.78, 5) is 20.8. The fraction of sp³-hybridized carbons (Fsp3) is 0.250. The number of aromatic nitrogens is 2. The summed E-state index contributed by atoms with van der Waals surface area (Å²) in [5.74, 6) is 0.765. The van der Waals surface area contributed by atoms with Crippen molar-refractivity contribution in [2.75, 3.05) is 19.8 Å². The maximum atomic E-state index is 12.3. The number of halogens is 1. The number of nitrogens with one attached hydrogen (secondary N) is 1. The van der Waals surface area contributed by atoms with Crippen molar-refractivity contribution in [3.05, 3.63) is 59.4 Å². The first-order chi connectivity index (χ1) is 13.2. The van der Waals surface area contributed by atoms with E-state index in [4.69, 9.17) is 21.1 Å². The van der Waals surface area contributed by atoms with Crippen molar-refractivity contribution in [2.45, 2.75) is 13.3 Å². The molecule has 0 fully saturated rings. The lowest BCUT2D eigenvalue weighted by Gasteiger charge is -2.10. The highest BCUT2D eigenvalue weighted by Crippen LogP contribution is 2.23.